The molecule has 0 aliphatic carbocycles. The van der Waals surface area contributed by atoms with E-state index in [-0.39, 0.29) is 18.1 Å². The first-order chi connectivity index (χ1) is 16.8. The molecular weight excluding hydrogens is 465 g/mol. The molecule has 4 aromatic carbocycles. The van der Waals surface area contributed by atoms with Crippen LogP contribution in [0.2, 0.25) is 0 Å². The largest absolute Gasteiger partial charge is 0.348 e. The maximum Gasteiger partial charge on any atom is 0.303 e. The third-order valence-corrected chi connectivity index (χ3v) is 7.48. The van der Waals surface area contributed by atoms with Crippen LogP contribution < -0.4 is 9.62 Å². The van der Waals surface area contributed by atoms with Crippen molar-refractivity contribution in [3.8, 4) is 0 Å². The van der Waals surface area contributed by atoms with Gasteiger partial charge in [0.25, 0.3) is 5.91 Å². The van der Waals surface area contributed by atoms with Crippen LogP contribution in [0.1, 0.15) is 21.5 Å². The first-order valence-electron chi connectivity index (χ1n) is 11.1. The predicted molar refractivity (Wildman–Crippen MR) is 137 cm³/mol. The Morgan fingerprint density at radius 2 is 1.46 bits per heavy atom. The van der Waals surface area contributed by atoms with Gasteiger partial charge in [-0.3, -0.25) is 9.10 Å². The van der Waals surface area contributed by atoms with Crippen LogP contribution in [0.4, 0.5) is 10.1 Å². The van der Waals surface area contributed by atoms with Gasteiger partial charge in [0.1, 0.15) is 5.82 Å². The third kappa shape index (κ3) is 5.50. The van der Waals surface area contributed by atoms with E-state index in [0.717, 1.165) is 24.9 Å². The zero-order chi connectivity index (χ0) is 25.0. The maximum atomic E-state index is 14.4. The maximum absolute atomic E-state index is 14.4. The van der Waals surface area contributed by atoms with Gasteiger partial charge in [-0.25, -0.2) is 4.39 Å². The Balaban J connectivity index is 1.47. The second-order valence-electron chi connectivity index (χ2n) is 8.31. The Labute approximate surface area is 204 Å². The number of nitrogens with zero attached hydrogens (tertiary/aromatic N) is 2. The molecule has 1 N–H and O–H groups in total. The van der Waals surface area contributed by atoms with Gasteiger partial charge in [-0.05, 0) is 52.2 Å². The van der Waals surface area contributed by atoms with E-state index >= 15 is 0 Å². The molecule has 0 heterocycles. The number of nitrogens with one attached hydrogen (secondary N) is 1. The SMILES string of the molecule is CN(C)S(=O)(=O)N(Cc1ccc(C(=O)NCc2ccc3ccccc3c2)cc1)c1ccccc1F. The lowest BCUT2D eigenvalue weighted by atomic mass is 10.1. The molecular formula is C27H26FN3O3S. The number of halogens is 1. The fourth-order valence-electron chi connectivity index (χ4n) is 3.70. The highest BCUT2D eigenvalue weighted by molar-refractivity contribution is 7.90. The predicted octanol–water partition coefficient (Wildman–Crippen LogP) is 4.72. The molecule has 6 nitrogen and oxygen atoms in total. The van der Waals surface area contributed by atoms with Crippen LogP contribution in [0.3, 0.4) is 0 Å². The van der Waals surface area contributed by atoms with Crippen LogP contribution in [0, 0.1) is 5.82 Å². The third-order valence-electron chi connectivity index (χ3n) is 5.67. The molecule has 4 aromatic rings. The van der Waals surface area contributed by atoms with Gasteiger partial charge in [-0.2, -0.15) is 12.7 Å². The first kappa shape index (κ1) is 24.4. The summed E-state index contributed by atoms with van der Waals surface area (Å²) < 4.78 is 42.3. The summed E-state index contributed by atoms with van der Waals surface area (Å²) in [6, 6.07) is 26.4. The second-order valence-corrected chi connectivity index (χ2v) is 10.4. The van der Waals surface area contributed by atoms with Crippen molar-refractivity contribution in [1.29, 1.82) is 0 Å². The Kier molecular flexibility index (Phi) is 7.14. The number of carbonyl (C=O) groups excluding carboxylic acids is 1. The van der Waals surface area contributed by atoms with E-state index in [9.17, 15) is 17.6 Å². The summed E-state index contributed by atoms with van der Waals surface area (Å²) in [6.07, 6.45) is 0. The Morgan fingerprint density at radius 3 is 2.14 bits per heavy atom. The van der Waals surface area contributed by atoms with E-state index in [1.807, 2.05) is 42.5 Å². The fraction of sp³-hybridized carbons (Fsp3) is 0.148. The van der Waals surface area contributed by atoms with Gasteiger partial charge in [0, 0.05) is 26.2 Å². The molecule has 0 saturated heterocycles. The molecule has 0 fully saturated rings. The molecule has 0 aliphatic rings. The minimum Gasteiger partial charge on any atom is -0.348 e. The lowest BCUT2D eigenvalue weighted by Gasteiger charge is -2.27. The van der Waals surface area contributed by atoms with Crippen molar-refractivity contribution in [2.75, 3.05) is 18.4 Å². The summed E-state index contributed by atoms with van der Waals surface area (Å²) in [5.41, 5.74) is 2.01. The smallest absolute Gasteiger partial charge is 0.303 e. The zero-order valence-corrected chi connectivity index (χ0v) is 20.3. The van der Waals surface area contributed by atoms with Crippen LogP contribution in [0.25, 0.3) is 10.8 Å². The summed E-state index contributed by atoms with van der Waals surface area (Å²) in [4.78, 5) is 12.7. The molecule has 0 spiro atoms. The molecule has 4 rings (SSSR count). The van der Waals surface area contributed by atoms with Gasteiger partial charge in [0.2, 0.25) is 0 Å². The van der Waals surface area contributed by atoms with Crippen molar-refractivity contribution in [3.05, 3.63) is 114 Å². The average molecular weight is 492 g/mol. The molecule has 0 aromatic heterocycles. The molecule has 0 radical (unpaired) electrons. The fourth-order valence-corrected chi connectivity index (χ4v) is 4.81. The van der Waals surface area contributed by atoms with Crippen molar-refractivity contribution in [1.82, 2.24) is 9.62 Å². The zero-order valence-electron chi connectivity index (χ0n) is 19.5. The van der Waals surface area contributed by atoms with Gasteiger partial charge in [0.05, 0.1) is 12.2 Å². The number of carbonyl (C=O) groups is 1. The summed E-state index contributed by atoms with van der Waals surface area (Å²) in [5.74, 6) is -0.876. The highest BCUT2D eigenvalue weighted by atomic mass is 32.2. The molecule has 8 heteroatoms. The minimum atomic E-state index is -3.95. The van der Waals surface area contributed by atoms with E-state index in [1.54, 1.807) is 30.3 Å². The lowest BCUT2D eigenvalue weighted by Crippen LogP contribution is -2.40. The van der Waals surface area contributed by atoms with Crippen LogP contribution >= 0.6 is 0 Å². The Morgan fingerprint density at radius 1 is 0.829 bits per heavy atom. The van der Waals surface area contributed by atoms with Crippen LogP contribution in [0.5, 0.6) is 0 Å². The summed E-state index contributed by atoms with van der Waals surface area (Å²) >= 11 is 0. The molecule has 0 saturated carbocycles. The van der Waals surface area contributed by atoms with E-state index in [0.29, 0.717) is 17.7 Å². The first-order valence-corrected chi connectivity index (χ1v) is 12.4. The highest BCUT2D eigenvalue weighted by Gasteiger charge is 2.27. The van der Waals surface area contributed by atoms with Gasteiger partial charge < -0.3 is 5.32 Å². The number of anilines is 1. The van der Waals surface area contributed by atoms with E-state index < -0.39 is 16.0 Å². The molecule has 35 heavy (non-hydrogen) atoms. The summed E-state index contributed by atoms with van der Waals surface area (Å²) in [5, 5.41) is 5.16. The number of hydrogen-bond donors (Lipinski definition) is 1. The molecule has 0 unspecified atom stereocenters. The van der Waals surface area contributed by atoms with E-state index in [2.05, 4.69) is 5.32 Å². The normalized spacial score (nSPS) is 11.5. The quantitative estimate of drug-likeness (QED) is 0.388. The number of fused-ring (bicyclic) bond motifs is 1. The van der Waals surface area contributed by atoms with Crippen LogP contribution in [0.15, 0.2) is 91.0 Å². The Hall–Kier alpha value is -3.75. The topological polar surface area (TPSA) is 69.7 Å². The van der Waals surface area contributed by atoms with E-state index in [4.69, 9.17) is 0 Å². The van der Waals surface area contributed by atoms with Gasteiger partial charge in [-0.1, -0.05) is 60.7 Å². The second kappa shape index (κ2) is 10.2. The van der Waals surface area contributed by atoms with Crippen molar-refractivity contribution in [3.63, 3.8) is 0 Å². The minimum absolute atomic E-state index is 0.0431. The standard InChI is InChI=1S/C27H26FN3O3S/c1-30(2)35(33,34)31(26-10-6-5-9-25(26)28)19-20-11-15-23(16-12-20)27(32)29-18-21-13-14-22-7-3-4-8-24(22)17-21/h3-17H,18-19H2,1-2H3,(H,29,32). The molecule has 1 amide bonds. The molecule has 0 aliphatic heterocycles. The monoisotopic (exact) mass is 491 g/mol. The Bertz CT molecular complexity index is 1450. The number of hydrogen-bond acceptors (Lipinski definition) is 3. The average Bonchev–Trinajstić information content (AvgIpc) is 2.86. The van der Waals surface area contributed by atoms with Crippen LogP contribution in [-0.4, -0.2) is 32.7 Å². The van der Waals surface area contributed by atoms with E-state index in [1.165, 1.54) is 32.3 Å². The summed E-state index contributed by atoms with van der Waals surface area (Å²) in [7, 11) is -1.16. The molecule has 180 valence electrons. The highest BCUT2D eigenvalue weighted by Crippen LogP contribution is 2.25. The number of rotatable bonds is 8. The molecule has 0 atom stereocenters. The lowest BCUT2D eigenvalue weighted by molar-refractivity contribution is 0.0951. The van der Waals surface area contributed by atoms with Crippen molar-refractivity contribution >= 4 is 32.6 Å². The van der Waals surface area contributed by atoms with Gasteiger partial charge in [-0.15, -0.1) is 0 Å². The number of amides is 1. The van der Waals surface area contributed by atoms with Crippen molar-refractivity contribution in [2.45, 2.75) is 13.1 Å². The van der Waals surface area contributed by atoms with Gasteiger partial charge >= 0.3 is 10.2 Å². The molecule has 0 bridgehead atoms. The summed E-state index contributed by atoms with van der Waals surface area (Å²) in [6.45, 7) is 0.300. The van der Waals surface area contributed by atoms with Crippen molar-refractivity contribution in [2.24, 2.45) is 0 Å². The van der Waals surface area contributed by atoms with Gasteiger partial charge in [0.15, 0.2) is 0 Å². The van der Waals surface area contributed by atoms with Crippen molar-refractivity contribution < 1.29 is 17.6 Å². The van der Waals surface area contributed by atoms with Crippen LogP contribution in [-0.2, 0) is 23.3 Å². The number of benzene rings is 4. The number of para-hydroxylation sites is 1.